The molecule has 0 aromatic heterocycles. The summed E-state index contributed by atoms with van der Waals surface area (Å²) in [6, 6.07) is 12.4. The Morgan fingerprint density at radius 1 is 1.30 bits per heavy atom. The Morgan fingerprint density at radius 3 is 2.65 bits per heavy atom. The number of carbonyl (C=O) groups is 1. The van der Waals surface area contributed by atoms with Crippen LogP contribution in [0.15, 0.2) is 46.9 Å². The van der Waals surface area contributed by atoms with Gasteiger partial charge in [-0.3, -0.25) is 4.79 Å². The van der Waals surface area contributed by atoms with E-state index in [-0.39, 0.29) is 0 Å². The molecule has 1 amide bonds. The highest BCUT2D eigenvalue weighted by Crippen LogP contribution is 2.26. The summed E-state index contributed by atoms with van der Waals surface area (Å²) in [6.07, 6.45) is 0. The molecule has 0 bridgehead atoms. The van der Waals surface area contributed by atoms with E-state index in [1.54, 1.807) is 6.07 Å². The fourth-order valence-corrected chi connectivity index (χ4v) is 2.64. The number of benzene rings is 2. The van der Waals surface area contributed by atoms with Crippen molar-refractivity contribution in [2.45, 2.75) is 13.0 Å². The smallest absolute Gasteiger partial charge is 0.244 e. The van der Waals surface area contributed by atoms with Crippen LogP contribution in [-0.2, 0) is 4.79 Å². The summed E-state index contributed by atoms with van der Waals surface area (Å²) in [6.45, 7) is 1.90. The lowest BCUT2D eigenvalue weighted by Gasteiger charge is -2.19. The molecule has 3 N–H and O–H groups in total. The maximum Gasteiger partial charge on any atom is 0.244 e. The normalized spacial score (nSPS) is 11.9. The van der Waals surface area contributed by atoms with Crippen LogP contribution in [0.25, 0.3) is 0 Å². The number of aryl methyl sites for hydroxylation is 1. The summed E-state index contributed by atoms with van der Waals surface area (Å²) in [5, 5.41) is 3.78. The highest BCUT2D eigenvalue weighted by Gasteiger charge is 2.19. The van der Waals surface area contributed by atoms with Crippen molar-refractivity contribution in [2.75, 3.05) is 5.32 Å². The van der Waals surface area contributed by atoms with Gasteiger partial charge in [-0.2, -0.15) is 0 Å². The number of anilines is 1. The Morgan fingerprint density at radius 2 is 2.05 bits per heavy atom. The van der Waals surface area contributed by atoms with Gasteiger partial charge in [0, 0.05) is 15.2 Å². The summed E-state index contributed by atoms with van der Waals surface area (Å²) >= 11 is 9.34. The van der Waals surface area contributed by atoms with Crippen molar-refractivity contribution in [3.05, 3.63) is 63.1 Å². The minimum absolute atomic E-state index is 0.435. The third kappa shape index (κ3) is 3.52. The van der Waals surface area contributed by atoms with E-state index in [0.717, 1.165) is 21.3 Å². The second kappa shape index (κ2) is 6.29. The van der Waals surface area contributed by atoms with Crippen LogP contribution in [0, 0.1) is 6.92 Å². The van der Waals surface area contributed by atoms with Crippen molar-refractivity contribution in [2.24, 2.45) is 5.73 Å². The van der Waals surface area contributed by atoms with E-state index in [1.165, 1.54) is 0 Å². The van der Waals surface area contributed by atoms with Crippen molar-refractivity contribution in [1.82, 2.24) is 0 Å². The van der Waals surface area contributed by atoms with Gasteiger partial charge in [-0.1, -0.05) is 39.7 Å². The lowest BCUT2D eigenvalue weighted by atomic mass is 10.0. The van der Waals surface area contributed by atoms with E-state index < -0.39 is 11.9 Å². The second-order valence-electron chi connectivity index (χ2n) is 4.49. The van der Waals surface area contributed by atoms with E-state index in [9.17, 15) is 4.79 Å². The molecular formula is C15H14BrClN2O. The van der Waals surface area contributed by atoms with E-state index in [0.29, 0.717) is 5.02 Å². The number of hydrogen-bond donors (Lipinski definition) is 2. The number of amides is 1. The van der Waals surface area contributed by atoms with Gasteiger partial charge in [-0.25, -0.2) is 0 Å². The molecule has 0 saturated carbocycles. The molecule has 20 heavy (non-hydrogen) atoms. The number of carbonyl (C=O) groups excluding carboxylic acids is 1. The fourth-order valence-electron chi connectivity index (χ4n) is 2.01. The molecule has 0 spiro atoms. The van der Waals surface area contributed by atoms with E-state index in [4.69, 9.17) is 17.3 Å². The van der Waals surface area contributed by atoms with Crippen molar-refractivity contribution < 1.29 is 4.79 Å². The first-order valence-electron chi connectivity index (χ1n) is 6.05. The average molecular weight is 354 g/mol. The Balaban J connectivity index is 2.34. The molecule has 0 saturated heterocycles. The Bertz CT molecular complexity index is 646. The SMILES string of the molecule is Cc1cc(Cl)ccc1C(Nc1cccc(Br)c1)C(N)=O. The molecule has 2 aromatic carbocycles. The standard InChI is InChI=1S/C15H14BrClN2O/c1-9-7-11(17)5-6-13(9)14(15(18)20)19-12-4-2-3-10(16)8-12/h2-8,14,19H,1H3,(H2,18,20). The molecule has 1 unspecified atom stereocenters. The van der Waals surface area contributed by atoms with Crippen LogP contribution in [-0.4, -0.2) is 5.91 Å². The minimum Gasteiger partial charge on any atom is -0.370 e. The molecule has 0 radical (unpaired) electrons. The molecule has 104 valence electrons. The van der Waals surface area contributed by atoms with Gasteiger partial charge < -0.3 is 11.1 Å². The molecule has 0 heterocycles. The van der Waals surface area contributed by atoms with Crippen molar-refractivity contribution >= 4 is 39.1 Å². The quantitative estimate of drug-likeness (QED) is 0.871. The van der Waals surface area contributed by atoms with Crippen LogP contribution < -0.4 is 11.1 Å². The van der Waals surface area contributed by atoms with E-state index in [1.807, 2.05) is 43.3 Å². The molecule has 3 nitrogen and oxygen atoms in total. The van der Waals surface area contributed by atoms with Gasteiger partial charge in [-0.05, 0) is 48.4 Å². The summed E-state index contributed by atoms with van der Waals surface area (Å²) < 4.78 is 0.929. The third-order valence-electron chi connectivity index (χ3n) is 2.96. The molecule has 2 aromatic rings. The molecule has 0 aliphatic rings. The topological polar surface area (TPSA) is 55.1 Å². The highest BCUT2D eigenvalue weighted by molar-refractivity contribution is 9.10. The minimum atomic E-state index is -0.596. The van der Waals surface area contributed by atoms with Crippen LogP contribution in [0.2, 0.25) is 5.02 Å². The fraction of sp³-hybridized carbons (Fsp3) is 0.133. The molecule has 0 fully saturated rings. The molecule has 5 heteroatoms. The maximum atomic E-state index is 11.7. The number of hydrogen-bond acceptors (Lipinski definition) is 2. The maximum absolute atomic E-state index is 11.7. The van der Waals surface area contributed by atoms with Gasteiger partial charge >= 0.3 is 0 Å². The monoisotopic (exact) mass is 352 g/mol. The second-order valence-corrected chi connectivity index (χ2v) is 5.84. The van der Waals surface area contributed by atoms with Crippen LogP contribution in [0.5, 0.6) is 0 Å². The zero-order valence-corrected chi connectivity index (χ0v) is 13.2. The zero-order valence-electron chi connectivity index (χ0n) is 10.9. The van der Waals surface area contributed by atoms with Crippen LogP contribution >= 0.6 is 27.5 Å². The average Bonchev–Trinajstić information content (AvgIpc) is 2.36. The molecule has 0 aliphatic heterocycles. The van der Waals surface area contributed by atoms with Crippen molar-refractivity contribution in [3.63, 3.8) is 0 Å². The van der Waals surface area contributed by atoms with Gasteiger partial charge in [0.05, 0.1) is 0 Å². The Hall–Kier alpha value is -1.52. The van der Waals surface area contributed by atoms with E-state index >= 15 is 0 Å². The van der Waals surface area contributed by atoms with Gasteiger partial charge in [0.1, 0.15) is 6.04 Å². The number of primary amides is 1. The van der Waals surface area contributed by atoms with Crippen LogP contribution in [0.3, 0.4) is 0 Å². The predicted octanol–water partition coefficient (Wildman–Crippen LogP) is 4.05. The Kier molecular flexibility index (Phi) is 4.68. The first kappa shape index (κ1) is 14.9. The number of nitrogens with one attached hydrogen (secondary N) is 1. The first-order chi connectivity index (χ1) is 9.47. The number of nitrogens with two attached hydrogens (primary N) is 1. The highest BCUT2D eigenvalue weighted by atomic mass is 79.9. The predicted molar refractivity (Wildman–Crippen MR) is 85.9 cm³/mol. The summed E-state index contributed by atoms with van der Waals surface area (Å²) in [5.41, 5.74) is 8.07. The van der Waals surface area contributed by atoms with Gasteiger partial charge in [0.25, 0.3) is 0 Å². The number of rotatable bonds is 4. The molecule has 2 rings (SSSR count). The molecule has 1 atom stereocenters. The van der Waals surface area contributed by atoms with Crippen molar-refractivity contribution in [1.29, 1.82) is 0 Å². The summed E-state index contributed by atoms with van der Waals surface area (Å²) in [7, 11) is 0. The lowest BCUT2D eigenvalue weighted by molar-refractivity contribution is -0.118. The number of halogens is 2. The van der Waals surface area contributed by atoms with Gasteiger partial charge in [-0.15, -0.1) is 0 Å². The van der Waals surface area contributed by atoms with Crippen molar-refractivity contribution in [3.8, 4) is 0 Å². The van der Waals surface area contributed by atoms with Gasteiger partial charge in [0.2, 0.25) is 5.91 Å². The summed E-state index contributed by atoms with van der Waals surface area (Å²) in [4.78, 5) is 11.7. The lowest BCUT2D eigenvalue weighted by Crippen LogP contribution is -2.28. The van der Waals surface area contributed by atoms with Gasteiger partial charge in [0.15, 0.2) is 0 Å². The molecular weight excluding hydrogens is 340 g/mol. The van der Waals surface area contributed by atoms with Crippen LogP contribution in [0.1, 0.15) is 17.2 Å². The zero-order chi connectivity index (χ0) is 14.7. The first-order valence-corrected chi connectivity index (χ1v) is 7.22. The Labute approximate surface area is 131 Å². The van der Waals surface area contributed by atoms with E-state index in [2.05, 4.69) is 21.2 Å². The largest absolute Gasteiger partial charge is 0.370 e. The summed E-state index contributed by atoms with van der Waals surface area (Å²) in [5.74, 6) is -0.435. The third-order valence-corrected chi connectivity index (χ3v) is 3.69. The molecule has 0 aliphatic carbocycles. The van der Waals surface area contributed by atoms with Crippen LogP contribution in [0.4, 0.5) is 5.69 Å².